The van der Waals surface area contributed by atoms with Gasteiger partial charge in [0.15, 0.2) is 0 Å². The molecule has 1 aromatic carbocycles. The van der Waals surface area contributed by atoms with E-state index in [1.54, 1.807) is 0 Å². The monoisotopic (exact) mass is 339 g/mol. The second-order valence-electron chi connectivity index (χ2n) is 5.20. The predicted molar refractivity (Wildman–Crippen MR) is 89.1 cm³/mol. The standard InChI is InChI=1S/C17H26BrNO/c1-2-3-4-5-6-10-13-17(20)19-16(14-18)15-11-8-7-9-12-15/h7-9,11-12,16H,2-6,10,13-14H2,1H3,(H,19,20). The SMILES string of the molecule is CCCCCCCCC(=O)NC(CBr)c1ccccc1. The van der Waals surface area contributed by atoms with E-state index in [-0.39, 0.29) is 11.9 Å². The van der Waals surface area contributed by atoms with E-state index in [1.165, 1.54) is 25.7 Å². The first-order valence-corrected chi connectivity index (χ1v) is 8.80. The molecule has 1 aromatic rings. The van der Waals surface area contributed by atoms with Crippen molar-refractivity contribution in [2.75, 3.05) is 5.33 Å². The Labute approximate surface area is 131 Å². The summed E-state index contributed by atoms with van der Waals surface area (Å²) < 4.78 is 0. The fourth-order valence-corrected chi connectivity index (χ4v) is 2.76. The highest BCUT2D eigenvalue weighted by molar-refractivity contribution is 9.09. The number of unbranched alkanes of at least 4 members (excludes halogenated alkanes) is 5. The van der Waals surface area contributed by atoms with Crippen molar-refractivity contribution in [2.45, 2.75) is 57.9 Å². The zero-order valence-corrected chi connectivity index (χ0v) is 14.0. The Kier molecular flexibility index (Phi) is 9.38. The maximum absolute atomic E-state index is 11.9. The zero-order chi connectivity index (χ0) is 14.6. The van der Waals surface area contributed by atoms with Crippen molar-refractivity contribution in [3.8, 4) is 0 Å². The molecule has 0 aromatic heterocycles. The van der Waals surface area contributed by atoms with Crippen LogP contribution in [-0.4, -0.2) is 11.2 Å². The third-order valence-electron chi connectivity index (χ3n) is 3.45. The van der Waals surface area contributed by atoms with E-state index in [9.17, 15) is 4.79 Å². The average molecular weight is 340 g/mol. The van der Waals surface area contributed by atoms with Crippen LogP contribution >= 0.6 is 15.9 Å². The van der Waals surface area contributed by atoms with Crippen molar-refractivity contribution in [3.05, 3.63) is 35.9 Å². The maximum Gasteiger partial charge on any atom is 0.220 e. The van der Waals surface area contributed by atoms with E-state index in [0.29, 0.717) is 6.42 Å². The van der Waals surface area contributed by atoms with Crippen LogP contribution in [0.4, 0.5) is 0 Å². The number of rotatable bonds is 10. The van der Waals surface area contributed by atoms with Crippen LogP contribution in [0.1, 0.15) is 63.5 Å². The Morgan fingerprint density at radius 1 is 1.10 bits per heavy atom. The molecule has 0 aliphatic carbocycles. The van der Waals surface area contributed by atoms with E-state index >= 15 is 0 Å². The van der Waals surface area contributed by atoms with Gasteiger partial charge in [-0.3, -0.25) is 4.79 Å². The van der Waals surface area contributed by atoms with Crippen molar-refractivity contribution in [1.82, 2.24) is 5.32 Å². The van der Waals surface area contributed by atoms with Crippen molar-refractivity contribution in [2.24, 2.45) is 0 Å². The molecule has 0 bridgehead atoms. The summed E-state index contributed by atoms with van der Waals surface area (Å²) in [5.41, 5.74) is 1.15. The van der Waals surface area contributed by atoms with Crippen LogP contribution in [0, 0.1) is 0 Å². The number of carbonyl (C=O) groups excluding carboxylic acids is 1. The number of benzene rings is 1. The molecule has 0 aliphatic rings. The molecule has 112 valence electrons. The molecule has 0 heterocycles. The van der Waals surface area contributed by atoms with Crippen molar-refractivity contribution in [3.63, 3.8) is 0 Å². The molecule has 3 heteroatoms. The van der Waals surface area contributed by atoms with Gasteiger partial charge in [-0.1, -0.05) is 85.3 Å². The predicted octanol–water partition coefficient (Wildman–Crippen LogP) is 4.99. The third kappa shape index (κ3) is 7.09. The van der Waals surface area contributed by atoms with Gasteiger partial charge in [-0.15, -0.1) is 0 Å². The van der Waals surface area contributed by atoms with Crippen LogP contribution in [0.3, 0.4) is 0 Å². The molecule has 0 saturated carbocycles. The zero-order valence-electron chi connectivity index (χ0n) is 12.4. The number of halogens is 1. The first kappa shape index (κ1) is 17.2. The molecule has 0 fully saturated rings. The van der Waals surface area contributed by atoms with Gasteiger partial charge in [0, 0.05) is 11.8 Å². The summed E-state index contributed by atoms with van der Waals surface area (Å²) in [5.74, 6) is 0.161. The number of carbonyl (C=O) groups is 1. The summed E-state index contributed by atoms with van der Waals surface area (Å²) in [6.07, 6.45) is 7.93. The lowest BCUT2D eigenvalue weighted by Crippen LogP contribution is -2.29. The van der Waals surface area contributed by atoms with Gasteiger partial charge >= 0.3 is 0 Å². The first-order chi connectivity index (χ1) is 9.77. The summed E-state index contributed by atoms with van der Waals surface area (Å²) in [6, 6.07) is 10.2. The van der Waals surface area contributed by atoms with Crippen LogP contribution in [-0.2, 0) is 4.79 Å². The minimum absolute atomic E-state index is 0.0730. The van der Waals surface area contributed by atoms with Gasteiger partial charge in [0.2, 0.25) is 5.91 Å². The van der Waals surface area contributed by atoms with Crippen molar-refractivity contribution in [1.29, 1.82) is 0 Å². The maximum atomic E-state index is 11.9. The van der Waals surface area contributed by atoms with Crippen LogP contribution < -0.4 is 5.32 Å². The van der Waals surface area contributed by atoms with E-state index in [2.05, 4.69) is 40.3 Å². The van der Waals surface area contributed by atoms with Gasteiger partial charge in [-0.25, -0.2) is 0 Å². The Morgan fingerprint density at radius 2 is 1.75 bits per heavy atom. The highest BCUT2D eigenvalue weighted by atomic mass is 79.9. The Morgan fingerprint density at radius 3 is 2.40 bits per heavy atom. The quantitative estimate of drug-likeness (QED) is 0.472. The van der Waals surface area contributed by atoms with Crippen molar-refractivity contribution < 1.29 is 4.79 Å². The molecule has 0 radical (unpaired) electrons. The van der Waals surface area contributed by atoms with E-state index in [0.717, 1.165) is 23.7 Å². The van der Waals surface area contributed by atoms with Gasteiger partial charge in [0.1, 0.15) is 0 Å². The topological polar surface area (TPSA) is 29.1 Å². The fourth-order valence-electron chi connectivity index (χ4n) is 2.23. The first-order valence-electron chi connectivity index (χ1n) is 7.68. The van der Waals surface area contributed by atoms with Crippen LogP contribution in [0.5, 0.6) is 0 Å². The summed E-state index contributed by atoms with van der Waals surface area (Å²) >= 11 is 3.48. The largest absolute Gasteiger partial charge is 0.348 e. The normalized spacial score (nSPS) is 12.1. The summed E-state index contributed by atoms with van der Waals surface area (Å²) in [5, 5.41) is 3.85. The Bertz CT molecular complexity index is 367. The fraction of sp³-hybridized carbons (Fsp3) is 0.588. The van der Waals surface area contributed by atoms with Gasteiger partial charge in [-0.05, 0) is 12.0 Å². The Hall–Kier alpha value is -0.830. The van der Waals surface area contributed by atoms with E-state index < -0.39 is 0 Å². The molecule has 20 heavy (non-hydrogen) atoms. The summed E-state index contributed by atoms with van der Waals surface area (Å²) in [4.78, 5) is 11.9. The third-order valence-corrected chi connectivity index (χ3v) is 4.10. The lowest BCUT2D eigenvalue weighted by atomic mass is 10.1. The number of hydrogen-bond acceptors (Lipinski definition) is 1. The molecule has 1 rings (SSSR count). The lowest BCUT2D eigenvalue weighted by Gasteiger charge is -2.16. The van der Waals surface area contributed by atoms with Gasteiger partial charge in [0.25, 0.3) is 0 Å². The molecule has 2 nitrogen and oxygen atoms in total. The van der Waals surface area contributed by atoms with Gasteiger partial charge < -0.3 is 5.32 Å². The molecule has 1 N–H and O–H groups in total. The Balaban J connectivity index is 2.23. The second kappa shape index (κ2) is 10.9. The summed E-state index contributed by atoms with van der Waals surface area (Å²) in [6.45, 7) is 2.22. The molecule has 0 saturated heterocycles. The molecule has 0 spiro atoms. The number of alkyl halides is 1. The smallest absolute Gasteiger partial charge is 0.220 e. The van der Waals surface area contributed by atoms with Gasteiger partial charge in [0.05, 0.1) is 6.04 Å². The summed E-state index contributed by atoms with van der Waals surface area (Å²) in [7, 11) is 0. The van der Waals surface area contributed by atoms with Crippen LogP contribution in [0.25, 0.3) is 0 Å². The highest BCUT2D eigenvalue weighted by Crippen LogP contribution is 2.15. The number of nitrogens with one attached hydrogen (secondary N) is 1. The highest BCUT2D eigenvalue weighted by Gasteiger charge is 2.12. The average Bonchev–Trinajstić information content (AvgIpc) is 2.49. The molecular formula is C17H26BrNO. The van der Waals surface area contributed by atoms with Crippen molar-refractivity contribution >= 4 is 21.8 Å². The molecule has 1 unspecified atom stereocenters. The van der Waals surface area contributed by atoms with Gasteiger partial charge in [-0.2, -0.15) is 0 Å². The second-order valence-corrected chi connectivity index (χ2v) is 5.85. The molecule has 1 amide bonds. The number of hydrogen-bond donors (Lipinski definition) is 1. The minimum Gasteiger partial charge on any atom is -0.348 e. The lowest BCUT2D eigenvalue weighted by molar-refractivity contribution is -0.121. The van der Waals surface area contributed by atoms with Crippen LogP contribution in [0.15, 0.2) is 30.3 Å². The minimum atomic E-state index is 0.0730. The van der Waals surface area contributed by atoms with E-state index in [1.807, 2.05) is 18.2 Å². The number of amides is 1. The molecular weight excluding hydrogens is 314 g/mol. The van der Waals surface area contributed by atoms with Crippen LogP contribution in [0.2, 0.25) is 0 Å². The molecule has 1 atom stereocenters. The molecule has 0 aliphatic heterocycles. The van der Waals surface area contributed by atoms with E-state index in [4.69, 9.17) is 0 Å².